The summed E-state index contributed by atoms with van der Waals surface area (Å²) in [4.78, 5) is 13.2. The number of hydrogen-bond donors (Lipinski definition) is 1. The van der Waals surface area contributed by atoms with Crippen molar-refractivity contribution in [3.63, 3.8) is 0 Å². The van der Waals surface area contributed by atoms with E-state index in [1.165, 1.54) is 0 Å². The topological polar surface area (TPSA) is 32.3 Å². The average Bonchev–Trinajstić information content (AvgIpc) is 3.12. The van der Waals surface area contributed by atoms with Crippen molar-refractivity contribution >= 4 is 5.91 Å². The van der Waals surface area contributed by atoms with E-state index >= 15 is 0 Å². The molecular weight excluding hydrogens is 271 g/mol. The summed E-state index contributed by atoms with van der Waals surface area (Å²) in [5.74, 6) is -7.56. The molecule has 0 bridgehead atoms. The Balaban J connectivity index is 1.83. The Morgan fingerprint density at radius 3 is 1.95 bits per heavy atom. The van der Waals surface area contributed by atoms with Crippen molar-refractivity contribution in [2.75, 3.05) is 13.1 Å². The van der Waals surface area contributed by atoms with Crippen LogP contribution in [0.15, 0.2) is 0 Å². The molecule has 1 saturated carbocycles. The Labute approximate surface area is 107 Å². The lowest BCUT2D eigenvalue weighted by atomic mass is 10.0. The van der Waals surface area contributed by atoms with Gasteiger partial charge in [-0.3, -0.25) is 4.79 Å². The number of carbonyl (C=O) groups excluding carboxylic acids is 1. The van der Waals surface area contributed by atoms with E-state index in [1.807, 2.05) is 5.32 Å². The SMILES string of the molecule is O=C(NC1CCN(C2CC2)CC1)C(F)(F)C(F)(F)F. The monoisotopic (exact) mass is 286 g/mol. The van der Waals surface area contributed by atoms with E-state index in [-0.39, 0.29) is 0 Å². The summed E-state index contributed by atoms with van der Waals surface area (Å²) in [5, 5.41) is 1.81. The highest BCUT2D eigenvalue weighted by Gasteiger charge is 2.63. The first-order valence-corrected chi connectivity index (χ1v) is 6.21. The molecule has 3 nitrogen and oxygen atoms in total. The molecule has 110 valence electrons. The maximum Gasteiger partial charge on any atom is 0.463 e. The van der Waals surface area contributed by atoms with Crippen molar-refractivity contribution in [2.24, 2.45) is 0 Å². The standard InChI is InChI=1S/C11H15F5N2O/c12-10(13,11(14,15)16)9(19)17-7-3-5-18(6-4-7)8-1-2-8/h7-8H,1-6H2,(H,17,19). The highest BCUT2D eigenvalue weighted by atomic mass is 19.4. The highest BCUT2D eigenvalue weighted by molar-refractivity contribution is 5.84. The molecule has 0 radical (unpaired) electrons. The van der Waals surface area contributed by atoms with Gasteiger partial charge in [-0.25, -0.2) is 0 Å². The van der Waals surface area contributed by atoms with Crippen molar-refractivity contribution < 1.29 is 26.7 Å². The zero-order valence-electron chi connectivity index (χ0n) is 10.1. The van der Waals surface area contributed by atoms with Gasteiger partial charge < -0.3 is 10.2 Å². The summed E-state index contributed by atoms with van der Waals surface area (Å²) >= 11 is 0. The van der Waals surface area contributed by atoms with E-state index in [2.05, 4.69) is 4.90 Å². The van der Waals surface area contributed by atoms with Crippen molar-refractivity contribution in [1.82, 2.24) is 10.2 Å². The average molecular weight is 286 g/mol. The number of halogens is 5. The van der Waals surface area contributed by atoms with Crippen LogP contribution in [0.2, 0.25) is 0 Å². The van der Waals surface area contributed by atoms with E-state index in [9.17, 15) is 26.7 Å². The minimum Gasteiger partial charge on any atom is -0.348 e. The third-order valence-corrected chi connectivity index (χ3v) is 3.57. The van der Waals surface area contributed by atoms with Gasteiger partial charge >= 0.3 is 18.0 Å². The van der Waals surface area contributed by atoms with Crippen LogP contribution in [0.1, 0.15) is 25.7 Å². The van der Waals surface area contributed by atoms with Gasteiger partial charge in [0.05, 0.1) is 0 Å². The van der Waals surface area contributed by atoms with E-state index in [0.717, 1.165) is 12.8 Å². The zero-order chi connectivity index (χ0) is 14.3. The number of piperidine rings is 1. The molecule has 0 unspecified atom stereocenters. The molecule has 2 aliphatic rings. The summed E-state index contributed by atoms with van der Waals surface area (Å²) in [6.07, 6.45) is -2.79. The normalized spacial score (nSPS) is 23.4. The fraction of sp³-hybridized carbons (Fsp3) is 0.909. The van der Waals surface area contributed by atoms with Gasteiger partial charge in [0.25, 0.3) is 0 Å². The molecule has 2 rings (SSSR count). The van der Waals surface area contributed by atoms with Crippen molar-refractivity contribution in [3.8, 4) is 0 Å². The first kappa shape index (κ1) is 14.5. The Kier molecular flexibility index (Phi) is 3.72. The van der Waals surface area contributed by atoms with Crippen molar-refractivity contribution in [2.45, 2.75) is 49.9 Å². The highest BCUT2D eigenvalue weighted by Crippen LogP contribution is 2.36. The van der Waals surface area contributed by atoms with Gasteiger partial charge in [-0.05, 0) is 25.7 Å². The lowest BCUT2D eigenvalue weighted by molar-refractivity contribution is -0.270. The van der Waals surface area contributed by atoms with Crippen LogP contribution in [0.4, 0.5) is 22.0 Å². The number of likely N-dealkylation sites (tertiary alicyclic amines) is 1. The largest absolute Gasteiger partial charge is 0.463 e. The fourth-order valence-corrected chi connectivity index (χ4v) is 2.25. The minimum absolute atomic E-state index is 0.413. The van der Waals surface area contributed by atoms with Gasteiger partial charge in [-0.15, -0.1) is 0 Å². The zero-order valence-corrected chi connectivity index (χ0v) is 10.1. The summed E-state index contributed by atoms with van der Waals surface area (Å²) in [7, 11) is 0. The van der Waals surface area contributed by atoms with E-state index in [1.54, 1.807) is 0 Å². The lowest BCUT2D eigenvalue weighted by Gasteiger charge is -2.33. The number of rotatable bonds is 3. The molecule has 0 aromatic heterocycles. The van der Waals surface area contributed by atoms with Crippen LogP contribution in [-0.2, 0) is 4.79 Å². The Hall–Kier alpha value is -0.920. The Bertz CT molecular complexity index is 345. The number of nitrogens with zero attached hydrogens (tertiary/aromatic N) is 1. The summed E-state index contributed by atoms with van der Waals surface area (Å²) in [6.45, 7) is 1.26. The molecule has 0 spiro atoms. The second-order valence-electron chi connectivity index (χ2n) is 5.09. The fourth-order valence-electron chi connectivity index (χ4n) is 2.25. The second kappa shape index (κ2) is 4.88. The van der Waals surface area contributed by atoms with E-state index < -0.39 is 24.0 Å². The third kappa shape index (κ3) is 3.16. The summed E-state index contributed by atoms with van der Waals surface area (Å²) < 4.78 is 61.5. The van der Waals surface area contributed by atoms with Gasteiger partial charge in [0.2, 0.25) is 0 Å². The van der Waals surface area contributed by atoms with Crippen molar-refractivity contribution in [3.05, 3.63) is 0 Å². The molecule has 0 atom stereocenters. The molecule has 1 aliphatic carbocycles. The number of carbonyl (C=O) groups is 1. The molecule has 1 aliphatic heterocycles. The number of hydrogen-bond acceptors (Lipinski definition) is 2. The first-order valence-electron chi connectivity index (χ1n) is 6.21. The van der Waals surface area contributed by atoms with Crippen LogP contribution >= 0.6 is 0 Å². The second-order valence-corrected chi connectivity index (χ2v) is 5.09. The van der Waals surface area contributed by atoms with Gasteiger partial charge in [-0.1, -0.05) is 0 Å². The van der Waals surface area contributed by atoms with Crippen LogP contribution in [0, 0.1) is 0 Å². The molecule has 1 saturated heterocycles. The van der Waals surface area contributed by atoms with Crippen LogP contribution in [-0.4, -0.2) is 48.1 Å². The van der Waals surface area contributed by atoms with Crippen LogP contribution < -0.4 is 5.32 Å². The number of alkyl halides is 5. The smallest absolute Gasteiger partial charge is 0.348 e. The van der Waals surface area contributed by atoms with Crippen molar-refractivity contribution in [1.29, 1.82) is 0 Å². The first-order chi connectivity index (χ1) is 8.72. The summed E-state index contributed by atoms with van der Waals surface area (Å²) in [5.41, 5.74) is 0. The van der Waals surface area contributed by atoms with Crippen LogP contribution in [0.25, 0.3) is 0 Å². The maximum absolute atomic E-state index is 12.7. The van der Waals surface area contributed by atoms with E-state index in [0.29, 0.717) is 32.0 Å². The molecule has 8 heteroatoms. The Morgan fingerprint density at radius 1 is 1.00 bits per heavy atom. The van der Waals surface area contributed by atoms with Gasteiger partial charge in [0.1, 0.15) is 0 Å². The predicted molar refractivity (Wildman–Crippen MR) is 56.8 cm³/mol. The predicted octanol–water partition coefficient (Wildman–Crippen LogP) is 1.93. The third-order valence-electron chi connectivity index (χ3n) is 3.57. The van der Waals surface area contributed by atoms with Gasteiger partial charge in [-0.2, -0.15) is 22.0 Å². The maximum atomic E-state index is 12.7. The number of amides is 1. The molecule has 0 aromatic rings. The van der Waals surface area contributed by atoms with Gasteiger partial charge in [0.15, 0.2) is 0 Å². The molecule has 0 aromatic carbocycles. The number of nitrogens with one attached hydrogen (secondary N) is 1. The van der Waals surface area contributed by atoms with E-state index in [4.69, 9.17) is 0 Å². The molecule has 2 fully saturated rings. The van der Waals surface area contributed by atoms with Gasteiger partial charge in [0, 0.05) is 25.2 Å². The molecule has 1 amide bonds. The lowest BCUT2D eigenvalue weighted by Crippen LogP contribution is -2.55. The molecular formula is C11H15F5N2O. The molecule has 1 heterocycles. The quantitative estimate of drug-likeness (QED) is 0.804. The summed E-state index contributed by atoms with van der Waals surface area (Å²) in [6, 6.07) is -0.0657. The minimum atomic E-state index is -5.84. The molecule has 1 N–H and O–H groups in total. The molecule has 19 heavy (non-hydrogen) atoms. The van der Waals surface area contributed by atoms with Crippen LogP contribution in [0.3, 0.4) is 0 Å². The Morgan fingerprint density at radius 2 is 1.53 bits per heavy atom. The van der Waals surface area contributed by atoms with Crippen LogP contribution in [0.5, 0.6) is 0 Å².